The Labute approximate surface area is 112 Å². The van der Waals surface area contributed by atoms with Gasteiger partial charge in [0, 0.05) is 11.5 Å². The molecule has 0 spiro atoms. The molecule has 0 saturated carbocycles. The summed E-state index contributed by atoms with van der Waals surface area (Å²) >= 11 is 0. The van der Waals surface area contributed by atoms with Crippen LogP contribution in [0.5, 0.6) is 5.75 Å². The quantitative estimate of drug-likeness (QED) is 0.841. The van der Waals surface area contributed by atoms with E-state index in [2.05, 4.69) is 12.1 Å². The molecule has 1 aliphatic rings. The molecule has 3 rings (SSSR count). The summed E-state index contributed by atoms with van der Waals surface area (Å²) in [5, 5.41) is 9.33. The van der Waals surface area contributed by atoms with Crippen molar-refractivity contribution in [2.24, 2.45) is 0 Å². The first-order valence-electron chi connectivity index (χ1n) is 6.58. The maximum absolute atomic E-state index is 12.6. The standard InChI is InChI=1S/C17H16O2/c1-11-2-3-13-6-9-15(17(19)16(13)10-11)12-4-7-14(18)8-5-12/h2-5,7-8,10,15,18H,6,9H2,1H3. The Kier molecular flexibility index (Phi) is 2.86. The van der Waals surface area contributed by atoms with Crippen molar-refractivity contribution < 1.29 is 9.90 Å². The van der Waals surface area contributed by atoms with E-state index in [1.807, 2.05) is 25.1 Å². The van der Waals surface area contributed by atoms with E-state index < -0.39 is 0 Å². The molecule has 0 fully saturated rings. The number of Topliss-reactive ketones (excluding diaryl/α,β-unsaturated/α-hetero) is 1. The number of rotatable bonds is 1. The zero-order valence-electron chi connectivity index (χ0n) is 10.9. The Hall–Kier alpha value is -2.09. The van der Waals surface area contributed by atoms with Crippen LogP contribution in [-0.2, 0) is 6.42 Å². The summed E-state index contributed by atoms with van der Waals surface area (Å²) < 4.78 is 0. The van der Waals surface area contributed by atoms with Crippen LogP contribution in [0.25, 0.3) is 0 Å². The summed E-state index contributed by atoms with van der Waals surface area (Å²) in [7, 11) is 0. The Balaban J connectivity index is 1.99. The van der Waals surface area contributed by atoms with Crippen LogP contribution in [0.15, 0.2) is 42.5 Å². The monoisotopic (exact) mass is 252 g/mol. The number of carbonyl (C=O) groups excluding carboxylic acids is 1. The number of hydrogen-bond donors (Lipinski definition) is 1. The first kappa shape index (κ1) is 12.0. The number of phenols is 1. The molecular formula is C17H16O2. The molecule has 19 heavy (non-hydrogen) atoms. The lowest BCUT2D eigenvalue weighted by molar-refractivity contribution is 0.0946. The largest absolute Gasteiger partial charge is 0.508 e. The van der Waals surface area contributed by atoms with Gasteiger partial charge in [0.05, 0.1) is 0 Å². The molecule has 1 unspecified atom stereocenters. The lowest BCUT2D eigenvalue weighted by Gasteiger charge is -2.24. The molecule has 0 bridgehead atoms. The van der Waals surface area contributed by atoms with E-state index in [-0.39, 0.29) is 17.5 Å². The van der Waals surface area contributed by atoms with Crippen molar-refractivity contribution in [2.75, 3.05) is 0 Å². The normalized spacial score (nSPS) is 18.2. The first-order valence-corrected chi connectivity index (χ1v) is 6.58. The minimum atomic E-state index is -0.0742. The average Bonchev–Trinajstić information content (AvgIpc) is 2.41. The zero-order chi connectivity index (χ0) is 13.4. The van der Waals surface area contributed by atoms with Gasteiger partial charge >= 0.3 is 0 Å². The molecule has 0 amide bonds. The van der Waals surface area contributed by atoms with E-state index in [4.69, 9.17) is 0 Å². The van der Waals surface area contributed by atoms with Crippen molar-refractivity contribution in [3.05, 3.63) is 64.7 Å². The number of carbonyl (C=O) groups is 1. The van der Waals surface area contributed by atoms with Crippen LogP contribution in [0.3, 0.4) is 0 Å². The van der Waals surface area contributed by atoms with E-state index in [1.165, 1.54) is 0 Å². The van der Waals surface area contributed by atoms with Crippen molar-refractivity contribution in [1.82, 2.24) is 0 Å². The Morgan fingerprint density at radius 2 is 1.84 bits per heavy atom. The molecular weight excluding hydrogens is 236 g/mol. The highest BCUT2D eigenvalue weighted by Gasteiger charge is 2.28. The number of aromatic hydroxyl groups is 1. The van der Waals surface area contributed by atoms with Crippen LogP contribution in [0.1, 0.15) is 39.4 Å². The van der Waals surface area contributed by atoms with Gasteiger partial charge in [0.2, 0.25) is 0 Å². The second-order valence-electron chi connectivity index (χ2n) is 5.21. The van der Waals surface area contributed by atoms with Crippen LogP contribution in [0.4, 0.5) is 0 Å². The van der Waals surface area contributed by atoms with Gasteiger partial charge in [-0.25, -0.2) is 0 Å². The third kappa shape index (κ3) is 2.14. The van der Waals surface area contributed by atoms with E-state index in [0.29, 0.717) is 0 Å². The lowest BCUT2D eigenvalue weighted by atomic mass is 9.79. The van der Waals surface area contributed by atoms with Crippen molar-refractivity contribution in [3.63, 3.8) is 0 Å². The van der Waals surface area contributed by atoms with Gasteiger partial charge in [0.1, 0.15) is 5.75 Å². The summed E-state index contributed by atoms with van der Waals surface area (Å²) in [6, 6.07) is 13.1. The van der Waals surface area contributed by atoms with Crippen LogP contribution in [0, 0.1) is 6.92 Å². The summed E-state index contributed by atoms with van der Waals surface area (Å²) in [6.07, 6.45) is 1.78. The highest BCUT2D eigenvalue weighted by atomic mass is 16.3. The van der Waals surface area contributed by atoms with Gasteiger partial charge in [0.15, 0.2) is 5.78 Å². The number of phenolic OH excluding ortho intramolecular Hbond substituents is 1. The fraction of sp³-hybridized carbons (Fsp3) is 0.235. The minimum Gasteiger partial charge on any atom is -0.508 e. The molecule has 1 atom stereocenters. The maximum atomic E-state index is 12.6. The van der Waals surface area contributed by atoms with E-state index in [1.54, 1.807) is 12.1 Å². The van der Waals surface area contributed by atoms with Gasteiger partial charge in [-0.1, -0.05) is 29.8 Å². The van der Waals surface area contributed by atoms with E-state index in [9.17, 15) is 9.90 Å². The molecule has 0 saturated heterocycles. The molecule has 96 valence electrons. The molecule has 0 heterocycles. The van der Waals surface area contributed by atoms with Crippen molar-refractivity contribution >= 4 is 5.78 Å². The number of ketones is 1. The lowest BCUT2D eigenvalue weighted by Crippen LogP contribution is -2.21. The Morgan fingerprint density at radius 1 is 1.11 bits per heavy atom. The van der Waals surface area contributed by atoms with Crippen molar-refractivity contribution in [3.8, 4) is 5.75 Å². The van der Waals surface area contributed by atoms with Gasteiger partial charge in [-0.2, -0.15) is 0 Å². The molecule has 2 aromatic carbocycles. The summed E-state index contributed by atoms with van der Waals surface area (Å²) in [5.41, 5.74) is 4.14. The summed E-state index contributed by atoms with van der Waals surface area (Å²) in [6.45, 7) is 2.01. The molecule has 2 aromatic rings. The fourth-order valence-corrected chi connectivity index (χ4v) is 2.78. The van der Waals surface area contributed by atoms with Gasteiger partial charge in [-0.15, -0.1) is 0 Å². The predicted octanol–water partition coefficient (Wildman–Crippen LogP) is 3.61. The van der Waals surface area contributed by atoms with Crippen molar-refractivity contribution in [2.45, 2.75) is 25.7 Å². The second kappa shape index (κ2) is 4.54. The maximum Gasteiger partial charge on any atom is 0.170 e. The highest BCUT2D eigenvalue weighted by molar-refractivity contribution is 6.03. The molecule has 2 nitrogen and oxygen atoms in total. The first-order chi connectivity index (χ1) is 9.15. The summed E-state index contributed by atoms with van der Waals surface area (Å²) in [4.78, 5) is 12.6. The zero-order valence-corrected chi connectivity index (χ0v) is 10.9. The smallest absolute Gasteiger partial charge is 0.170 e. The van der Waals surface area contributed by atoms with Crippen LogP contribution in [0.2, 0.25) is 0 Å². The highest BCUT2D eigenvalue weighted by Crippen LogP contribution is 2.33. The second-order valence-corrected chi connectivity index (χ2v) is 5.21. The Morgan fingerprint density at radius 3 is 2.58 bits per heavy atom. The van der Waals surface area contributed by atoms with Crippen molar-refractivity contribution in [1.29, 1.82) is 0 Å². The topological polar surface area (TPSA) is 37.3 Å². The average molecular weight is 252 g/mol. The van der Waals surface area contributed by atoms with Gasteiger partial charge < -0.3 is 5.11 Å². The van der Waals surface area contributed by atoms with E-state index >= 15 is 0 Å². The van der Waals surface area contributed by atoms with Crippen LogP contribution >= 0.6 is 0 Å². The summed E-state index contributed by atoms with van der Waals surface area (Å²) in [5.74, 6) is 0.369. The molecule has 0 radical (unpaired) electrons. The SMILES string of the molecule is Cc1ccc2c(c1)C(=O)C(c1ccc(O)cc1)CC2. The third-order valence-corrected chi connectivity index (χ3v) is 3.85. The Bertz CT molecular complexity index is 626. The van der Waals surface area contributed by atoms with E-state index in [0.717, 1.165) is 35.1 Å². The molecule has 0 aliphatic heterocycles. The number of fused-ring (bicyclic) bond motifs is 1. The van der Waals surface area contributed by atoms with Crippen LogP contribution in [-0.4, -0.2) is 10.9 Å². The number of hydrogen-bond acceptors (Lipinski definition) is 2. The van der Waals surface area contributed by atoms with Crippen LogP contribution < -0.4 is 0 Å². The molecule has 0 aromatic heterocycles. The molecule has 1 aliphatic carbocycles. The number of benzene rings is 2. The number of aryl methyl sites for hydroxylation is 2. The van der Waals surface area contributed by atoms with Gasteiger partial charge in [-0.3, -0.25) is 4.79 Å². The van der Waals surface area contributed by atoms with Gasteiger partial charge in [0.25, 0.3) is 0 Å². The minimum absolute atomic E-state index is 0.0742. The third-order valence-electron chi connectivity index (χ3n) is 3.85. The molecule has 2 heteroatoms. The predicted molar refractivity (Wildman–Crippen MR) is 74.7 cm³/mol. The molecule has 1 N–H and O–H groups in total. The van der Waals surface area contributed by atoms with Gasteiger partial charge in [-0.05, 0) is 49.1 Å². The fourth-order valence-electron chi connectivity index (χ4n) is 2.78.